The molecule has 1 aromatic heterocycles. The number of carbonyl (C=O) groups excluding carboxylic acids is 1. The predicted octanol–water partition coefficient (Wildman–Crippen LogP) is 1.46. The minimum absolute atomic E-state index is 0.0701. The zero-order valence-electron chi connectivity index (χ0n) is 11.4. The Kier molecular flexibility index (Phi) is 4.61. The summed E-state index contributed by atoms with van der Waals surface area (Å²) in [5.74, 6) is -0.583. The molecule has 1 amide bonds. The second kappa shape index (κ2) is 6.23. The maximum atomic E-state index is 12.5. The molecule has 2 rings (SSSR count). The number of aliphatic carboxylic acids is 1. The molecule has 0 spiro atoms. The maximum absolute atomic E-state index is 12.5. The quantitative estimate of drug-likeness (QED) is 0.891. The van der Waals surface area contributed by atoms with Gasteiger partial charge in [-0.2, -0.15) is 0 Å². The molecule has 1 fully saturated rings. The number of methoxy groups -OCH3 is 2. The van der Waals surface area contributed by atoms with E-state index in [0.29, 0.717) is 23.6 Å². The van der Waals surface area contributed by atoms with Crippen LogP contribution in [0.25, 0.3) is 0 Å². The molecule has 20 heavy (non-hydrogen) atoms. The molecule has 1 aliphatic rings. The summed E-state index contributed by atoms with van der Waals surface area (Å²) in [4.78, 5) is 25.6. The number of likely N-dealkylation sites (tertiary alicyclic amines) is 1. The van der Waals surface area contributed by atoms with Gasteiger partial charge in [-0.1, -0.05) is 0 Å². The molecule has 7 heteroatoms. The Morgan fingerprint density at radius 3 is 2.85 bits per heavy atom. The SMILES string of the molecule is COc1ccsc1C(=O)N1C[C@@H](OC)C[C@@H]1CC(=O)O. The fraction of sp³-hybridized carbons (Fsp3) is 0.538. The Morgan fingerprint density at radius 1 is 1.50 bits per heavy atom. The van der Waals surface area contributed by atoms with Crippen LogP contribution < -0.4 is 4.74 Å². The molecule has 0 aromatic carbocycles. The van der Waals surface area contributed by atoms with E-state index in [0.717, 1.165) is 0 Å². The van der Waals surface area contributed by atoms with Crippen LogP contribution in [0, 0.1) is 0 Å². The molecule has 0 saturated carbocycles. The van der Waals surface area contributed by atoms with Gasteiger partial charge in [0.25, 0.3) is 5.91 Å². The van der Waals surface area contributed by atoms with E-state index in [4.69, 9.17) is 14.6 Å². The average molecular weight is 299 g/mol. The van der Waals surface area contributed by atoms with Crippen molar-refractivity contribution >= 4 is 23.2 Å². The molecule has 2 atom stereocenters. The first-order valence-electron chi connectivity index (χ1n) is 6.23. The topological polar surface area (TPSA) is 76.1 Å². The monoisotopic (exact) mass is 299 g/mol. The minimum atomic E-state index is -0.914. The number of amides is 1. The Morgan fingerprint density at radius 2 is 2.25 bits per heavy atom. The summed E-state index contributed by atoms with van der Waals surface area (Å²) in [6.07, 6.45) is 0.357. The molecule has 1 aliphatic heterocycles. The van der Waals surface area contributed by atoms with Crippen LogP contribution >= 0.6 is 11.3 Å². The van der Waals surface area contributed by atoms with Gasteiger partial charge < -0.3 is 19.5 Å². The summed E-state index contributed by atoms with van der Waals surface area (Å²) in [7, 11) is 3.08. The highest BCUT2D eigenvalue weighted by Crippen LogP contribution is 2.30. The van der Waals surface area contributed by atoms with Crippen molar-refractivity contribution in [3.05, 3.63) is 16.3 Å². The van der Waals surface area contributed by atoms with Gasteiger partial charge in [0.05, 0.1) is 19.6 Å². The lowest BCUT2D eigenvalue weighted by Crippen LogP contribution is -2.37. The van der Waals surface area contributed by atoms with Crippen molar-refractivity contribution in [2.24, 2.45) is 0 Å². The third kappa shape index (κ3) is 2.94. The molecular formula is C13H17NO5S. The van der Waals surface area contributed by atoms with E-state index in [9.17, 15) is 9.59 Å². The minimum Gasteiger partial charge on any atom is -0.495 e. The lowest BCUT2D eigenvalue weighted by molar-refractivity contribution is -0.137. The summed E-state index contributed by atoms with van der Waals surface area (Å²) in [5, 5.41) is 10.7. The Balaban J connectivity index is 2.19. The first-order chi connectivity index (χ1) is 9.56. The Labute approximate surface area is 120 Å². The van der Waals surface area contributed by atoms with Crippen LogP contribution in [-0.2, 0) is 9.53 Å². The van der Waals surface area contributed by atoms with Crippen LogP contribution in [0.2, 0.25) is 0 Å². The number of thiophene rings is 1. The molecule has 1 N–H and O–H groups in total. The summed E-state index contributed by atoms with van der Waals surface area (Å²) in [6.45, 7) is 0.411. The van der Waals surface area contributed by atoms with E-state index in [1.54, 1.807) is 23.5 Å². The van der Waals surface area contributed by atoms with E-state index >= 15 is 0 Å². The number of nitrogens with zero attached hydrogens (tertiary/aromatic N) is 1. The van der Waals surface area contributed by atoms with Gasteiger partial charge in [0, 0.05) is 19.7 Å². The van der Waals surface area contributed by atoms with E-state index in [1.807, 2.05) is 0 Å². The van der Waals surface area contributed by atoms with E-state index in [2.05, 4.69) is 0 Å². The molecule has 0 radical (unpaired) electrons. The van der Waals surface area contributed by atoms with Crippen LogP contribution in [0.1, 0.15) is 22.5 Å². The van der Waals surface area contributed by atoms with Gasteiger partial charge in [-0.3, -0.25) is 9.59 Å². The van der Waals surface area contributed by atoms with Gasteiger partial charge in [0.2, 0.25) is 0 Å². The normalized spacial score (nSPS) is 22.0. The summed E-state index contributed by atoms with van der Waals surface area (Å²) in [6, 6.07) is 1.39. The van der Waals surface area contributed by atoms with Crippen molar-refractivity contribution in [2.45, 2.75) is 25.0 Å². The van der Waals surface area contributed by atoms with Gasteiger partial charge in [-0.25, -0.2) is 0 Å². The Hall–Kier alpha value is -1.60. The summed E-state index contributed by atoms with van der Waals surface area (Å²) in [5.41, 5.74) is 0. The average Bonchev–Trinajstić information content (AvgIpc) is 3.03. The van der Waals surface area contributed by atoms with E-state index < -0.39 is 5.97 Å². The van der Waals surface area contributed by atoms with Crippen molar-refractivity contribution in [3.63, 3.8) is 0 Å². The number of ether oxygens (including phenoxy) is 2. The summed E-state index contributed by atoms with van der Waals surface area (Å²) < 4.78 is 10.4. The smallest absolute Gasteiger partial charge is 0.305 e. The van der Waals surface area contributed by atoms with Gasteiger partial charge in [-0.15, -0.1) is 11.3 Å². The Bertz CT molecular complexity index is 501. The molecule has 0 unspecified atom stereocenters. The van der Waals surface area contributed by atoms with Crippen molar-refractivity contribution in [1.29, 1.82) is 0 Å². The van der Waals surface area contributed by atoms with Gasteiger partial charge in [0.15, 0.2) is 0 Å². The van der Waals surface area contributed by atoms with Crippen molar-refractivity contribution in [2.75, 3.05) is 20.8 Å². The molecule has 1 aromatic rings. The van der Waals surface area contributed by atoms with Crippen molar-refractivity contribution in [1.82, 2.24) is 4.90 Å². The number of hydrogen-bond acceptors (Lipinski definition) is 5. The first kappa shape index (κ1) is 14.8. The predicted molar refractivity (Wildman–Crippen MR) is 73.4 cm³/mol. The van der Waals surface area contributed by atoms with Crippen LogP contribution in [0.5, 0.6) is 5.75 Å². The van der Waals surface area contributed by atoms with Gasteiger partial charge in [-0.05, 0) is 17.9 Å². The van der Waals surface area contributed by atoms with Crippen LogP contribution in [0.4, 0.5) is 0 Å². The number of hydrogen-bond donors (Lipinski definition) is 1. The zero-order chi connectivity index (χ0) is 14.7. The van der Waals surface area contributed by atoms with Gasteiger partial charge in [0.1, 0.15) is 10.6 Å². The second-order valence-electron chi connectivity index (χ2n) is 4.62. The van der Waals surface area contributed by atoms with Crippen molar-refractivity contribution < 1.29 is 24.2 Å². The fourth-order valence-electron chi connectivity index (χ4n) is 2.43. The third-order valence-electron chi connectivity index (χ3n) is 3.42. The molecule has 6 nitrogen and oxygen atoms in total. The molecule has 0 bridgehead atoms. The lowest BCUT2D eigenvalue weighted by atomic mass is 10.1. The lowest BCUT2D eigenvalue weighted by Gasteiger charge is -2.22. The van der Waals surface area contributed by atoms with Crippen LogP contribution in [0.15, 0.2) is 11.4 Å². The van der Waals surface area contributed by atoms with Crippen molar-refractivity contribution in [3.8, 4) is 5.75 Å². The molecule has 2 heterocycles. The molecular weight excluding hydrogens is 282 g/mol. The van der Waals surface area contributed by atoms with E-state index in [1.165, 1.54) is 18.4 Å². The largest absolute Gasteiger partial charge is 0.495 e. The maximum Gasteiger partial charge on any atom is 0.305 e. The van der Waals surface area contributed by atoms with Crippen LogP contribution in [-0.4, -0.2) is 54.8 Å². The fourth-order valence-corrected chi connectivity index (χ4v) is 3.25. The number of carboxylic acid groups (broad SMARTS) is 1. The molecule has 0 aliphatic carbocycles. The highest BCUT2D eigenvalue weighted by atomic mass is 32.1. The third-order valence-corrected chi connectivity index (χ3v) is 4.31. The van der Waals surface area contributed by atoms with Crippen LogP contribution in [0.3, 0.4) is 0 Å². The number of carboxylic acids is 1. The summed E-state index contributed by atoms with van der Waals surface area (Å²) >= 11 is 1.29. The van der Waals surface area contributed by atoms with Gasteiger partial charge >= 0.3 is 5.97 Å². The zero-order valence-corrected chi connectivity index (χ0v) is 12.2. The number of rotatable bonds is 5. The second-order valence-corrected chi connectivity index (χ2v) is 5.54. The first-order valence-corrected chi connectivity index (χ1v) is 7.11. The highest BCUT2D eigenvalue weighted by molar-refractivity contribution is 7.12. The number of carbonyl (C=O) groups is 2. The highest BCUT2D eigenvalue weighted by Gasteiger charge is 2.38. The standard InChI is InChI=1S/C13H17NO5S/c1-18-9-5-8(6-11(15)16)14(7-9)13(17)12-10(19-2)3-4-20-12/h3-4,8-9H,5-7H2,1-2H3,(H,15,16)/t8-,9+/m1/s1. The molecule has 110 valence electrons. The molecule has 1 saturated heterocycles. The van der Waals surface area contributed by atoms with E-state index in [-0.39, 0.29) is 24.5 Å².